The van der Waals surface area contributed by atoms with Crippen molar-refractivity contribution in [2.45, 2.75) is 0 Å². The zero-order valence-electron chi connectivity index (χ0n) is 6.09. The maximum Gasteiger partial charge on any atom is 0.0927 e. The van der Waals surface area contributed by atoms with E-state index in [2.05, 4.69) is 0 Å². The topological polar surface area (TPSA) is 23.8 Å². The molecule has 0 atom stereocenters. The molecule has 0 N–H and O–H groups in total. The van der Waals surface area contributed by atoms with Crippen LogP contribution in [0.3, 0.4) is 0 Å². The van der Waals surface area contributed by atoms with E-state index in [0.29, 0.717) is 15.6 Å². The van der Waals surface area contributed by atoms with Gasteiger partial charge in [-0.05, 0) is 6.07 Å². The van der Waals surface area contributed by atoms with Gasteiger partial charge in [0.1, 0.15) is 0 Å². The number of halogens is 2. The fourth-order valence-electron chi connectivity index (χ4n) is 0.789. The highest BCUT2D eigenvalue weighted by molar-refractivity contribution is 6.50. The highest BCUT2D eigenvalue weighted by atomic mass is 35.5. The highest BCUT2D eigenvalue weighted by Crippen LogP contribution is 2.25. The van der Waals surface area contributed by atoms with Crippen molar-refractivity contribution in [3.05, 3.63) is 40.9 Å². The molecule has 0 bridgehead atoms. The molecule has 0 aliphatic rings. The van der Waals surface area contributed by atoms with Gasteiger partial charge in [0.15, 0.2) is 0 Å². The highest BCUT2D eigenvalue weighted by Gasteiger charge is 2.01. The van der Waals surface area contributed by atoms with Gasteiger partial charge in [-0.2, -0.15) is 5.26 Å². The lowest BCUT2D eigenvalue weighted by atomic mass is 10.2. The first-order valence-electron chi connectivity index (χ1n) is 3.26. The van der Waals surface area contributed by atoms with Gasteiger partial charge in [0.2, 0.25) is 0 Å². The van der Waals surface area contributed by atoms with Gasteiger partial charge in [-0.3, -0.25) is 0 Å². The summed E-state index contributed by atoms with van der Waals surface area (Å²) in [5.74, 6) is 0. The normalized spacial score (nSPS) is 10.9. The number of hydrogen-bond donors (Lipinski definition) is 0. The van der Waals surface area contributed by atoms with Gasteiger partial charge in [0.05, 0.1) is 11.1 Å². The fourth-order valence-corrected chi connectivity index (χ4v) is 1.29. The molecule has 60 valence electrons. The van der Waals surface area contributed by atoms with Crippen LogP contribution in [0.25, 0.3) is 5.03 Å². The molecule has 0 heterocycles. The van der Waals surface area contributed by atoms with Crippen molar-refractivity contribution >= 4 is 28.2 Å². The van der Waals surface area contributed by atoms with Crippen molar-refractivity contribution in [3.8, 4) is 6.07 Å². The summed E-state index contributed by atoms with van der Waals surface area (Å²) in [4.78, 5) is 0. The summed E-state index contributed by atoms with van der Waals surface area (Å²) >= 11 is 11.6. The molecule has 12 heavy (non-hydrogen) atoms. The van der Waals surface area contributed by atoms with Crippen LogP contribution in [0.1, 0.15) is 5.56 Å². The third-order valence-electron chi connectivity index (χ3n) is 1.32. The van der Waals surface area contributed by atoms with Crippen LogP contribution in [0, 0.1) is 11.3 Å². The van der Waals surface area contributed by atoms with Crippen LogP contribution in [0.2, 0.25) is 5.02 Å². The third-order valence-corrected chi connectivity index (χ3v) is 1.96. The fraction of sp³-hybridized carbons (Fsp3) is 0. The summed E-state index contributed by atoms with van der Waals surface area (Å²) < 4.78 is 0. The molecule has 1 nitrogen and oxygen atoms in total. The number of allylic oxidation sites excluding steroid dienone is 1. The van der Waals surface area contributed by atoms with Gasteiger partial charge < -0.3 is 0 Å². The maximum atomic E-state index is 8.33. The van der Waals surface area contributed by atoms with Crippen molar-refractivity contribution in [3.63, 3.8) is 0 Å². The first-order valence-corrected chi connectivity index (χ1v) is 4.01. The Morgan fingerprint density at radius 2 is 2.08 bits per heavy atom. The van der Waals surface area contributed by atoms with Crippen LogP contribution < -0.4 is 0 Å². The molecular formula is C9H5Cl2N. The molecule has 1 aromatic carbocycles. The minimum absolute atomic E-state index is 0.364. The second-order valence-corrected chi connectivity index (χ2v) is 2.92. The van der Waals surface area contributed by atoms with Gasteiger partial charge in [-0.25, -0.2) is 0 Å². The Bertz CT molecular complexity index is 350. The zero-order chi connectivity index (χ0) is 8.97. The molecule has 0 unspecified atom stereocenters. The first-order chi connectivity index (χ1) is 5.75. The standard InChI is InChI=1S/C9H5Cl2N/c10-8-4-2-1-3-7(8)9(11)5-6-12/h1-5H. The summed E-state index contributed by atoms with van der Waals surface area (Å²) in [6, 6.07) is 8.95. The van der Waals surface area contributed by atoms with E-state index in [4.69, 9.17) is 28.5 Å². The molecule has 0 saturated carbocycles. The van der Waals surface area contributed by atoms with E-state index < -0.39 is 0 Å². The number of nitriles is 1. The lowest BCUT2D eigenvalue weighted by molar-refractivity contribution is 1.53. The lowest BCUT2D eigenvalue weighted by Crippen LogP contribution is -1.77. The van der Waals surface area contributed by atoms with E-state index in [1.165, 1.54) is 6.08 Å². The Labute approximate surface area is 80.8 Å². The van der Waals surface area contributed by atoms with Crippen molar-refractivity contribution < 1.29 is 0 Å². The SMILES string of the molecule is N#CC=C(Cl)c1ccccc1Cl. The Kier molecular flexibility index (Phi) is 3.16. The van der Waals surface area contributed by atoms with Crippen molar-refractivity contribution in [1.82, 2.24) is 0 Å². The number of benzene rings is 1. The zero-order valence-corrected chi connectivity index (χ0v) is 7.60. The van der Waals surface area contributed by atoms with Crippen LogP contribution in [0.15, 0.2) is 30.3 Å². The molecule has 0 saturated heterocycles. The van der Waals surface area contributed by atoms with Crippen molar-refractivity contribution in [2.75, 3.05) is 0 Å². The predicted molar refractivity (Wildman–Crippen MR) is 50.9 cm³/mol. The summed E-state index contributed by atoms with van der Waals surface area (Å²) in [5, 5.41) is 9.25. The summed E-state index contributed by atoms with van der Waals surface area (Å²) in [5.41, 5.74) is 0.683. The van der Waals surface area contributed by atoms with Gasteiger partial charge in [0.25, 0.3) is 0 Å². The molecule has 0 radical (unpaired) electrons. The smallest absolute Gasteiger partial charge is 0.0927 e. The minimum Gasteiger partial charge on any atom is -0.193 e. The van der Waals surface area contributed by atoms with Crippen molar-refractivity contribution in [1.29, 1.82) is 5.26 Å². The quantitative estimate of drug-likeness (QED) is 0.634. The Morgan fingerprint density at radius 1 is 1.42 bits per heavy atom. The summed E-state index contributed by atoms with van der Waals surface area (Å²) in [7, 11) is 0. The van der Waals surface area contributed by atoms with Crippen LogP contribution >= 0.6 is 23.2 Å². The number of rotatable bonds is 1. The van der Waals surface area contributed by atoms with E-state index in [9.17, 15) is 0 Å². The van der Waals surface area contributed by atoms with Crippen LogP contribution in [0.4, 0.5) is 0 Å². The van der Waals surface area contributed by atoms with E-state index in [1.54, 1.807) is 12.1 Å². The molecule has 1 rings (SSSR count). The molecule has 1 aromatic rings. The lowest BCUT2D eigenvalue weighted by Gasteiger charge is -1.99. The molecule has 0 spiro atoms. The summed E-state index contributed by atoms with van der Waals surface area (Å²) in [6.45, 7) is 0. The van der Waals surface area contributed by atoms with Gasteiger partial charge in [-0.15, -0.1) is 0 Å². The monoisotopic (exact) mass is 197 g/mol. The Balaban J connectivity index is 3.13. The van der Waals surface area contributed by atoms with Crippen LogP contribution in [-0.4, -0.2) is 0 Å². The van der Waals surface area contributed by atoms with Crippen LogP contribution in [0.5, 0.6) is 0 Å². The average Bonchev–Trinajstić information content (AvgIpc) is 2.05. The first kappa shape index (κ1) is 9.12. The van der Waals surface area contributed by atoms with E-state index >= 15 is 0 Å². The molecule has 3 heteroatoms. The Morgan fingerprint density at radius 3 is 2.67 bits per heavy atom. The number of hydrogen-bond acceptors (Lipinski definition) is 1. The van der Waals surface area contributed by atoms with E-state index in [0.717, 1.165) is 0 Å². The number of nitrogens with zero attached hydrogens (tertiary/aromatic N) is 1. The predicted octanol–water partition coefficient (Wildman–Crippen LogP) is 3.44. The van der Waals surface area contributed by atoms with E-state index in [-0.39, 0.29) is 0 Å². The summed E-state index contributed by atoms with van der Waals surface area (Å²) in [6.07, 6.45) is 1.25. The molecule has 0 aromatic heterocycles. The molecule has 0 amide bonds. The third kappa shape index (κ3) is 2.01. The van der Waals surface area contributed by atoms with Gasteiger partial charge in [-0.1, -0.05) is 41.4 Å². The minimum atomic E-state index is 0.364. The average molecular weight is 198 g/mol. The van der Waals surface area contributed by atoms with Crippen molar-refractivity contribution in [2.24, 2.45) is 0 Å². The molecular weight excluding hydrogens is 193 g/mol. The van der Waals surface area contributed by atoms with Gasteiger partial charge >= 0.3 is 0 Å². The molecule has 0 aliphatic heterocycles. The van der Waals surface area contributed by atoms with E-state index in [1.807, 2.05) is 18.2 Å². The largest absolute Gasteiger partial charge is 0.193 e. The Hall–Kier alpha value is -0.970. The maximum absolute atomic E-state index is 8.33. The molecule has 0 aliphatic carbocycles. The van der Waals surface area contributed by atoms with Crippen LogP contribution in [-0.2, 0) is 0 Å². The molecule has 0 fully saturated rings. The second-order valence-electron chi connectivity index (χ2n) is 2.10. The second kappa shape index (κ2) is 4.15. The van der Waals surface area contributed by atoms with Gasteiger partial charge in [0, 0.05) is 16.7 Å².